The van der Waals surface area contributed by atoms with E-state index in [1.807, 2.05) is 11.8 Å². The van der Waals surface area contributed by atoms with Crippen molar-refractivity contribution in [2.24, 2.45) is 5.73 Å². The fraction of sp³-hybridized carbons (Fsp3) is 0.846. The van der Waals surface area contributed by atoms with E-state index in [9.17, 15) is 9.59 Å². The van der Waals surface area contributed by atoms with Gasteiger partial charge in [-0.1, -0.05) is 0 Å². The Balaban J connectivity index is 2.60. The van der Waals surface area contributed by atoms with Gasteiger partial charge in [0.05, 0.1) is 19.2 Å². The number of carbonyl (C=O) groups excluding carboxylic acids is 2. The third-order valence-corrected chi connectivity index (χ3v) is 3.60. The maximum absolute atomic E-state index is 12.1. The lowest BCUT2D eigenvalue weighted by Gasteiger charge is -2.37. The summed E-state index contributed by atoms with van der Waals surface area (Å²) in [6.07, 6.45) is 1.84. The largest absolute Gasteiger partial charge is 0.383 e. The van der Waals surface area contributed by atoms with E-state index in [1.165, 1.54) is 0 Å². The van der Waals surface area contributed by atoms with Gasteiger partial charge in [0, 0.05) is 19.7 Å². The Hall–Kier alpha value is -1.18. The number of nitrogens with one attached hydrogen (secondary N) is 2. The average molecular weight is 286 g/mol. The smallest absolute Gasteiger partial charge is 0.237 e. The van der Waals surface area contributed by atoms with Crippen molar-refractivity contribution < 1.29 is 14.3 Å². The summed E-state index contributed by atoms with van der Waals surface area (Å²) in [5.74, 6) is -0.498. The first-order valence-corrected chi connectivity index (χ1v) is 7.07. The highest BCUT2D eigenvalue weighted by Gasteiger charge is 2.29. The molecule has 1 aliphatic heterocycles. The number of hydrogen-bond donors (Lipinski definition) is 3. The molecule has 4 N–H and O–H groups in total. The number of amides is 2. The van der Waals surface area contributed by atoms with Crippen molar-refractivity contribution in [1.82, 2.24) is 15.5 Å². The summed E-state index contributed by atoms with van der Waals surface area (Å²) >= 11 is 0. The maximum Gasteiger partial charge on any atom is 0.237 e. The molecule has 0 spiro atoms. The number of nitrogens with two attached hydrogens (primary N) is 1. The predicted octanol–water partition coefficient (Wildman–Crippen LogP) is -1.32. The Morgan fingerprint density at radius 1 is 1.45 bits per heavy atom. The molecule has 0 aliphatic carbocycles. The summed E-state index contributed by atoms with van der Waals surface area (Å²) in [5, 5.41) is 6.08. The first-order valence-electron chi connectivity index (χ1n) is 7.07. The van der Waals surface area contributed by atoms with E-state index in [-0.39, 0.29) is 24.5 Å². The summed E-state index contributed by atoms with van der Waals surface area (Å²) in [7, 11) is 1.59. The van der Waals surface area contributed by atoms with Crippen molar-refractivity contribution in [3.63, 3.8) is 0 Å². The monoisotopic (exact) mass is 286 g/mol. The molecule has 7 heteroatoms. The summed E-state index contributed by atoms with van der Waals surface area (Å²) in [6.45, 7) is 4.67. The van der Waals surface area contributed by atoms with Crippen molar-refractivity contribution >= 4 is 11.8 Å². The lowest BCUT2D eigenvalue weighted by molar-refractivity contribution is -0.129. The highest BCUT2D eigenvalue weighted by Crippen LogP contribution is 2.15. The fourth-order valence-corrected chi connectivity index (χ4v) is 2.48. The van der Waals surface area contributed by atoms with Gasteiger partial charge in [-0.3, -0.25) is 14.5 Å². The van der Waals surface area contributed by atoms with Gasteiger partial charge in [-0.15, -0.1) is 0 Å². The van der Waals surface area contributed by atoms with Crippen molar-refractivity contribution in [2.45, 2.75) is 31.8 Å². The molecule has 0 bridgehead atoms. The Morgan fingerprint density at radius 3 is 2.65 bits per heavy atom. The molecule has 1 rings (SSSR count). The zero-order valence-electron chi connectivity index (χ0n) is 12.4. The quantitative estimate of drug-likeness (QED) is 0.481. The first-order chi connectivity index (χ1) is 9.56. The van der Waals surface area contributed by atoms with Crippen LogP contribution in [0.1, 0.15) is 19.8 Å². The standard InChI is InChI=1S/C13H26N4O3/c1-10(13(19)16-7-8-20-2)17(9-12(14)18)11-3-5-15-6-4-11/h10-11,15H,3-9H2,1-2H3,(H2,14,18)(H,16,19). The predicted molar refractivity (Wildman–Crippen MR) is 76.1 cm³/mol. The number of hydrogen-bond acceptors (Lipinski definition) is 5. The molecular formula is C13H26N4O3. The van der Waals surface area contributed by atoms with Gasteiger partial charge in [0.25, 0.3) is 0 Å². The van der Waals surface area contributed by atoms with Gasteiger partial charge in [-0.25, -0.2) is 0 Å². The molecule has 0 aromatic rings. The van der Waals surface area contributed by atoms with Gasteiger partial charge >= 0.3 is 0 Å². The Kier molecular flexibility index (Phi) is 7.50. The minimum Gasteiger partial charge on any atom is -0.383 e. The molecule has 0 radical (unpaired) electrons. The molecule has 20 heavy (non-hydrogen) atoms. The SMILES string of the molecule is COCCNC(=O)C(C)N(CC(N)=O)C1CCNCC1. The van der Waals surface area contributed by atoms with Crippen LogP contribution in [0.2, 0.25) is 0 Å². The van der Waals surface area contributed by atoms with Crippen molar-refractivity contribution in [3.05, 3.63) is 0 Å². The molecule has 1 atom stereocenters. The minimum atomic E-state index is -0.403. The van der Waals surface area contributed by atoms with Crippen LogP contribution >= 0.6 is 0 Å². The molecule has 0 aromatic heterocycles. The van der Waals surface area contributed by atoms with E-state index in [1.54, 1.807) is 7.11 Å². The zero-order chi connectivity index (χ0) is 15.0. The molecule has 116 valence electrons. The van der Waals surface area contributed by atoms with Gasteiger partial charge in [-0.2, -0.15) is 0 Å². The van der Waals surface area contributed by atoms with Gasteiger partial charge in [0.1, 0.15) is 0 Å². The third kappa shape index (κ3) is 5.44. The number of nitrogens with zero attached hydrogens (tertiary/aromatic N) is 1. The topological polar surface area (TPSA) is 96.7 Å². The molecule has 0 aromatic carbocycles. The molecule has 1 heterocycles. The van der Waals surface area contributed by atoms with Gasteiger partial charge in [0.2, 0.25) is 11.8 Å². The molecule has 7 nitrogen and oxygen atoms in total. The van der Waals surface area contributed by atoms with Crippen LogP contribution in [0.3, 0.4) is 0 Å². The second kappa shape index (κ2) is 8.89. The van der Waals surface area contributed by atoms with Crippen LogP contribution in [-0.2, 0) is 14.3 Å². The van der Waals surface area contributed by atoms with Crippen LogP contribution in [0.15, 0.2) is 0 Å². The lowest BCUT2D eigenvalue weighted by atomic mass is 10.0. The van der Waals surface area contributed by atoms with Crippen LogP contribution < -0.4 is 16.4 Å². The average Bonchev–Trinajstić information content (AvgIpc) is 2.45. The normalized spacial score (nSPS) is 17.9. The number of primary amides is 1. The molecule has 1 fully saturated rings. The van der Waals surface area contributed by atoms with Crippen LogP contribution in [0.4, 0.5) is 0 Å². The van der Waals surface area contributed by atoms with Crippen LogP contribution in [-0.4, -0.2) is 68.7 Å². The summed E-state index contributed by atoms with van der Waals surface area (Å²) in [4.78, 5) is 25.3. The summed E-state index contributed by atoms with van der Waals surface area (Å²) in [6, 6.07) is -0.158. The first kappa shape index (κ1) is 16.9. The Morgan fingerprint density at radius 2 is 2.10 bits per heavy atom. The number of methoxy groups -OCH3 is 1. The maximum atomic E-state index is 12.1. The number of carbonyl (C=O) groups is 2. The Bertz CT molecular complexity index is 319. The number of ether oxygens (including phenoxy) is 1. The van der Waals surface area contributed by atoms with E-state index >= 15 is 0 Å². The van der Waals surface area contributed by atoms with Crippen molar-refractivity contribution in [3.8, 4) is 0 Å². The Labute approximate surface area is 120 Å². The van der Waals surface area contributed by atoms with Crippen molar-refractivity contribution in [1.29, 1.82) is 0 Å². The molecule has 1 aliphatic rings. The third-order valence-electron chi connectivity index (χ3n) is 3.60. The second-order valence-electron chi connectivity index (χ2n) is 5.08. The molecule has 2 amide bonds. The van der Waals surface area contributed by atoms with E-state index in [2.05, 4.69) is 10.6 Å². The second-order valence-corrected chi connectivity index (χ2v) is 5.08. The van der Waals surface area contributed by atoms with Crippen LogP contribution in [0.5, 0.6) is 0 Å². The zero-order valence-corrected chi connectivity index (χ0v) is 12.4. The lowest BCUT2D eigenvalue weighted by Crippen LogP contribution is -2.55. The van der Waals surface area contributed by atoms with Gasteiger partial charge in [0.15, 0.2) is 0 Å². The van der Waals surface area contributed by atoms with E-state index in [4.69, 9.17) is 10.5 Å². The fourth-order valence-electron chi connectivity index (χ4n) is 2.48. The molecule has 1 saturated heterocycles. The number of rotatable bonds is 8. The van der Waals surface area contributed by atoms with Crippen LogP contribution in [0, 0.1) is 0 Å². The van der Waals surface area contributed by atoms with Gasteiger partial charge < -0.3 is 21.1 Å². The molecular weight excluding hydrogens is 260 g/mol. The highest BCUT2D eigenvalue weighted by molar-refractivity contribution is 5.83. The highest BCUT2D eigenvalue weighted by atomic mass is 16.5. The van der Waals surface area contributed by atoms with Crippen LogP contribution in [0.25, 0.3) is 0 Å². The van der Waals surface area contributed by atoms with E-state index in [0.29, 0.717) is 13.2 Å². The van der Waals surface area contributed by atoms with Crippen molar-refractivity contribution in [2.75, 3.05) is 39.9 Å². The summed E-state index contributed by atoms with van der Waals surface area (Å²) < 4.78 is 4.90. The summed E-state index contributed by atoms with van der Waals surface area (Å²) in [5.41, 5.74) is 5.31. The van der Waals surface area contributed by atoms with E-state index < -0.39 is 5.91 Å². The molecule has 1 unspecified atom stereocenters. The number of piperidine rings is 1. The van der Waals surface area contributed by atoms with Gasteiger partial charge in [-0.05, 0) is 32.9 Å². The van der Waals surface area contributed by atoms with E-state index in [0.717, 1.165) is 25.9 Å². The minimum absolute atomic E-state index is 0.0955. The molecule has 0 saturated carbocycles.